The van der Waals surface area contributed by atoms with Gasteiger partial charge in [0.05, 0.1) is 12.8 Å². The quantitative estimate of drug-likeness (QED) is 0.687. The highest BCUT2D eigenvalue weighted by Gasteiger charge is 2.28. The third-order valence-electron chi connectivity index (χ3n) is 2.33. The Morgan fingerprint density at radius 2 is 2.43 bits per heavy atom. The van der Waals surface area contributed by atoms with E-state index in [0.717, 1.165) is 5.56 Å². The van der Waals surface area contributed by atoms with Crippen molar-refractivity contribution in [1.29, 1.82) is 0 Å². The van der Waals surface area contributed by atoms with Crippen molar-refractivity contribution in [2.24, 2.45) is 0 Å². The summed E-state index contributed by atoms with van der Waals surface area (Å²) in [6.45, 7) is 0. The number of esters is 1. The average molecular weight is 195 g/mol. The number of anilines is 1. The van der Waals surface area contributed by atoms with Gasteiger partial charge in [0, 0.05) is 6.42 Å². The first-order chi connectivity index (χ1) is 6.72. The first-order valence-electron chi connectivity index (χ1n) is 4.34. The Kier molecular flexibility index (Phi) is 2.11. The summed E-state index contributed by atoms with van der Waals surface area (Å²) in [4.78, 5) is 11.2. The van der Waals surface area contributed by atoms with Crippen molar-refractivity contribution < 1.29 is 13.9 Å². The maximum absolute atomic E-state index is 13.2. The molecule has 0 saturated carbocycles. The lowest BCUT2D eigenvalue weighted by Gasteiger charge is -2.07. The van der Waals surface area contributed by atoms with Gasteiger partial charge >= 0.3 is 5.97 Å². The second-order valence-corrected chi connectivity index (χ2v) is 3.20. The zero-order valence-corrected chi connectivity index (χ0v) is 7.71. The number of nitrogens with one attached hydrogen (secondary N) is 1. The first-order valence-corrected chi connectivity index (χ1v) is 4.34. The summed E-state index contributed by atoms with van der Waals surface area (Å²) in [6.07, 6.45) is 0.486. The number of hydrogen-bond donors (Lipinski definition) is 1. The molecule has 1 heterocycles. The molecule has 0 fully saturated rings. The van der Waals surface area contributed by atoms with E-state index in [1.54, 1.807) is 12.1 Å². The summed E-state index contributed by atoms with van der Waals surface area (Å²) in [7, 11) is 1.32. The Labute approximate surface area is 80.9 Å². The van der Waals surface area contributed by atoms with E-state index in [0.29, 0.717) is 12.1 Å². The lowest BCUT2D eigenvalue weighted by molar-refractivity contribution is -0.141. The summed E-state index contributed by atoms with van der Waals surface area (Å²) in [5.41, 5.74) is 1.24. The van der Waals surface area contributed by atoms with E-state index in [9.17, 15) is 9.18 Å². The van der Waals surface area contributed by atoms with Crippen LogP contribution in [0.1, 0.15) is 5.56 Å². The van der Waals surface area contributed by atoms with E-state index in [1.165, 1.54) is 13.2 Å². The largest absolute Gasteiger partial charge is 0.467 e. The van der Waals surface area contributed by atoms with Crippen molar-refractivity contribution in [3.8, 4) is 0 Å². The molecule has 74 valence electrons. The molecule has 0 radical (unpaired) electrons. The lowest BCUT2D eigenvalue weighted by atomic mass is 10.1. The van der Waals surface area contributed by atoms with Gasteiger partial charge in [-0.05, 0) is 11.6 Å². The number of methoxy groups -OCH3 is 1. The highest BCUT2D eigenvalue weighted by molar-refractivity contribution is 5.82. The molecule has 0 amide bonds. The highest BCUT2D eigenvalue weighted by atomic mass is 19.1. The van der Waals surface area contributed by atoms with Crippen LogP contribution in [0.5, 0.6) is 0 Å². The standard InChI is InChI=1S/C10H10FNO2/c1-14-10(13)8-5-6-3-2-4-7(11)9(6)12-8/h2-4,8,12H,5H2,1H3. The highest BCUT2D eigenvalue weighted by Crippen LogP contribution is 2.28. The number of para-hydroxylation sites is 1. The van der Waals surface area contributed by atoms with Crippen LogP contribution in [0.4, 0.5) is 10.1 Å². The van der Waals surface area contributed by atoms with Crippen LogP contribution in [0.15, 0.2) is 18.2 Å². The molecule has 0 aliphatic carbocycles. The summed E-state index contributed by atoms with van der Waals surface area (Å²) in [5, 5.41) is 2.80. The molecule has 0 aromatic heterocycles. The zero-order valence-electron chi connectivity index (χ0n) is 7.71. The SMILES string of the molecule is COC(=O)C1Cc2cccc(F)c2N1. The van der Waals surface area contributed by atoms with Gasteiger partial charge in [-0.1, -0.05) is 12.1 Å². The molecule has 4 heteroatoms. The Morgan fingerprint density at radius 3 is 3.07 bits per heavy atom. The van der Waals surface area contributed by atoms with Gasteiger partial charge in [-0.2, -0.15) is 0 Å². The number of carbonyl (C=O) groups excluding carboxylic acids is 1. The summed E-state index contributed by atoms with van der Waals surface area (Å²) < 4.78 is 17.8. The Morgan fingerprint density at radius 1 is 1.64 bits per heavy atom. The van der Waals surface area contributed by atoms with Crippen molar-refractivity contribution in [2.45, 2.75) is 12.5 Å². The normalized spacial score (nSPS) is 18.6. The van der Waals surface area contributed by atoms with E-state index in [4.69, 9.17) is 0 Å². The van der Waals surface area contributed by atoms with Crippen LogP contribution in [0.25, 0.3) is 0 Å². The second-order valence-electron chi connectivity index (χ2n) is 3.20. The minimum atomic E-state index is -0.452. The molecule has 1 aliphatic heterocycles. The molecule has 1 aromatic carbocycles. The van der Waals surface area contributed by atoms with E-state index >= 15 is 0 Å². The number of carbonyl (C=O) groups is 1. The van der Waals surface area contributed by atoms with Crippen LogP contribution in [-0.4, -0.2) is 19.1 Å². The predicted octanol–water partition coefficient (Wildman–Crippen LogP) is 1.34. The fourth-order valence-corrected chi connectivity index (χ4v) is 1.63. The molecular formula is C10H10FNO2. The predicted molar refractivity (Wildman–Crippen MR) is 49.5 cm³/mol. The molecule has 2 rings (SSSR count). The summed E-state index contributed by atoms with van der Waals surface area (Å²) >= 11 is 0. The molecule has 0 saturated heterocycles. The Hall–Kier alpha value is -1.58. The third kappa shape index (κ3) is 1.32. The van der Waals surface area contributed by atoms with Gasteiger partial charge in [0.1, 0.15) is 11.9 Å². The molecule has 3 nitrogen and oxygen atoms in total. The van der Waals surface area contributed by atoms with Crippen LogP contribution in [0.3, 0.4) is 0 Å². The minimum absolute atomic E-state index is 0.325. The number of hydrogen-bond acceptors (Lipinski definition) is 3. The Balaban J connectivity index is 2.26. The van der Waals surface area contributed by atoms with Gasteiger partial charge < -0.3 is 10.1 Å². The van der Waals surface area contributed by atoms with E-state index in [1.807, 2.05) is 0 Å². The van der Waals surface area contributed by atoms with Crippen LogP contribution in [-0.2, 0) is 16.0 Å². The van der Waals surface area contributed by atoms with Gasteiger partial charge in [0.2, 0.25) is 0 Å². The molecule has 1 unspecified atom stereocenters. The fraction of sp³-hybridized carbons (Fsp3) is 0.300. The van der Waals surface area contributed by atoms with Crippen molar-refractivity contribution in [2.75, 3.05) is 12.4 Å². The fourth-order valence-electron chi connectivity index (χ4n) is 1.63. The van der Waals surface area contributed by atoms with Crippen LogP contribution in [0.2, 0.25) is 0 Å². The van der Waals surface area contributed by atoms with Gasteiger partial charge in [0.15, 0.2) is 0 Å². The first kappa shape index (κ1) is 8.99. The third-order valence-corrected chi connectivity index (χ3v) is 2.33. The number of rotatable bonds is 1. The van der Waals surface area contributed by atoms with Gasteiger partial charge in [-0.15, -0.1) is 0 Å². The monoisotopic (exact) mass is 195 g/mol. The second kappa shape index (κ2) is 3.29. The van der Waals surface area contributed by atoms with Crippen molar-refractivity contribution in [3.63, 3.8) is 0 Å². The van der Waals surface area contributed by atoms with Crippen molar-refractivity contribution in [1.82, 2.24) is 0 Å². The van der Waals surface area contributed by atoms with Gasteiger partial charge in [-0.25, -0.2) is 9.18 Å². The smallest absolute Gasteiger partial charge is 0.328 e. The molecule has 1 aliphatic rings. The van der Waals surface area contributed by atoms with Crippen LogP contribution < -0.4 is 5.32 Å². The minimum Gasteiger partial charge on any atom is -0.467 e. The molecule has 1 aromatic rings. The topological polar surface area (TPSA) is 38.3 Å². The zero-order chi connectivity index (χ0) is 10.1. The summed E-state index contributed by atoms with van der Waals surface area (Å²) in [6, 6.07) is 4.35. The number of fused-ring (bicyclic) bond motifs is 1. The van der Waals surface area contributed by atoms with Crippen LogP contribution >= 0.6 is 0 Å². The van der Waals surface area contributed by atoms with Crippen LogP contribution in [0, 0.1) is 5.82 Å². The molecule has 0 spiro atoms. The molecule has 14 heavy (non-hydrogen) atoms. The van der Waals surface area contributed by atoms with Crippen molar-refractivity contribution >= 4 is 11.7 Å². The molecular weight excluding hydrogens is 185 g/mol. The maximum atomic E-state index is 13.2. The maximum Gasteiger partial charge on any atom is 0.328 e. The summed E-state index contributed by atoms with van der Waals surface area (Å²) in [5.74, 6) is -0.686. The van der Waals surface area contributed by atoms with Gasteiger partial charge in [0.25, 0.3) is 0 Å². The molecule has 0 bridgehead atoms. The van der Waals surface area contributed by atoms with E-state index < -0.39 is 6.04 Å². The van der Waals surface area contributed by atoms with Gasteiger partial charge in [-0.3, -0.25) is 0 Å². The lowest BCUT2D eigenvalue weighted by Crippen LogP contribution is -2.28. The average Bonchev–Trinajstić information content (AvgIpc) is 2.62. The number of halogens is 1. The van der Waals surface area contributed by atoms with E-state index in [2.05, 4.69) is 10.1 Å². The molecule has 1 N–H and O–H groups in total. The molecule has 1 atom stereocenters. The number of benzene rings is 1. The Bertz CT molecular complexity index is 378. The van der Waals surface area contributed by atoms with E-state index in [-0.39, 0.29) is 11.8 Å². The number of ether oxygens (including phenoxy) is 1. The van der Waals surface area contributed by atoms with Crippen molar-refractivity contribution in [3.05, 3.63) is 29.6 Å².